The molecule has 2 aromatic rings. The van der Waals surface area contributed by atoms with Gasteiger partial charge in [0.25, 0.3) is 0 Å². The lowest BCUT2D eigenvalue weighted by atomic mass is 10.1. The summed E-state index contributed by atoms with van der Waals surface area (Å²) in [7, 11) is -3.30. The molecule has 1 heterocycles. The monoisotopic (exact) mass is 267 g/mol. The van der Waals surface area contributed by atoms with Gasteiger partial charge in [-0.3, -0.25) is 0 Å². The van der Waals surface area contributed by atoms with Crippen LogP contribution >= 0.6 is 11.6 Å². The molecule has 5 heteroatoms. The standard InChI is InChI=1S/C12H10ClNO2S/c1-17(15,16)12-8-4-7-11(14-12)9-5-2-3-6-10(9)13/h2-8H,1H3. The first kappa shape index (κ1) is 12.1. The predicted molar refractivity (Wildman–Crippen MR) is 67.8 cm³/mol. The largest absolute Gasteiger partial charge is 0.236 e. The molecule has 88 valence electrons. The van der Waals surface area contributed by atoms with Gasteiger partial charge < -0.3 is 0 Å². The zero-order valence-corrected chi connectivity index (χ0v) is 10.7. The zero-order valence-electron chi connectivity index (χ0n) is 9.09. The second kappa shape index (κ2) is 4.47. The molecule has 0 spiro atoms. The van der Waals surface area contributed by atoms with E-state index < -0.39 is 9.84 Å². The van der Waals surface area contributed by atoms with Crippen LogP contribution in [-0.4, -0.2) is 19.7 Å². The maximum absolute atomic E-state index is 11.4. The van der Waals surface area contributed by atoms with E-state index in [0.717, 1.165) is 11.8 Å². The van der Waals surface area contributed by atoms with Crippen molar-refractivity contribution in [2.24, 2.45) is 0 Å². The van der Waals surface area contributed by atoms with Crippen molar-refractivity contribution in [1.29, 1.82) is 0 Å². The van der Waals surface area contributed by atoms with Gasteiger partial charge in [0.1, 0.15) is 0 Å². The Hall–Kier alpha value is -1.39. The topological polar surface area (TPSA) is 47.0 Å². The van der Waals surface area contributed by atoms with E-state index >= 15 is 0 Å². The molecule has 3 nitrogen and oxygen atoms in total. The molecule has 1 aromatic carbocycles. The summed E-state index contributed by atoms with van der Waals surface area (Å²) in [5, 5.41) is 0.598. The van der Waals surface area contributed by atoms with E-state index in [0.29, 0.717) is 10.7 Å². The summed E-state index contributed by atoms with van der Waals surface area (Å²) >= 11 is 6.04. The van der Waals surface area contributed by atoms with Crippen molar-refractivity contribution in [3.8, 4) is 11.3 Å². The van der Waals surface area contributed by atoms with Crippen LogP contribution in [0.5, 0.6) is 0 Å². The van der Waals surface area contributed by atoms with Crippen LogP contribution in [0.3, 0.4) is 0 Å². The molecule has 0 bridgehead atoms. The molecular weight excluding hydrogens is 258 g/mol. The predicted octanol–water partition coefficient (Wildman–Crippen LogP) is 2.81. The molecule has 2 rings (SSSR count). The zero-order chi connectivity index (χ0) is 12.5. The number of hydrogen-bond donors (Lipinski definition) is 0. The van der Waals surface area contributed by atoms with Crippen LogP contribution < -0.4 is 0 Å². The van der Waals surface area contributed by atoms with Gasteiger partial charge in [0.05, 0.1) is 5.69 Å². The fourth-order valence-corrected chi connectivity index (χ4v) is 2.26. The number of sulfone groups is 1. The van der Waals surface area contributed by atoms with Gasteiger partial charge in [0.2, 0.25) is 0 Å². The normalized spacial score (nSPS) is 11.4. The van der Waals surface area contributed by atoms with Crippen LogP contribution in [0.25, 0.3) is 11.3 Å². The molecule has 1 aromatic heterocycles. The average Bonchev–Trinajstić information content (AvgIpc) is 2.29. The second-order valence-corrected chi connectivity index (χ2v) is 5.98. The lowest BCUT2D eigenvalue weighted by Crippen LogP contribution is -2.01. The lowest BCUT2D eigenvalue weighted by Gasteiger charge is -2.04. The molecule has 0 unspecified atom stereocenters. The van der Waals surface area contributed by atoms with E-state index in [9.17, 15) is 8.42 Å². The number of halogens is 1. The van der Waals surface area contributed by atoms with Crippen molar-refractivity contribution < 1.29 is 8.42 Å². The van der Waals surface area contributed by atoms with Gasteiger partial charge in [-0.05, 0) is 18.2 Å². The Bertz CT molecular complexity index is 653. The SMILES string of the molecule is CS(=O)(=O)c1cccc(-c2ccccc2Cl)n1. The molecule has 0 fully saturated rings. The van der Waals surface area contributed by atoms with Crippen molar-refractivity contribution in [3.63, 3.8) is 0 Å². The minimum Gasteiger partial charge on any atom is -0.236 e. The van der Waals surface area contributed by atoms with Crippen LogP contribution in [-0.2, 0) is 9.84 Å². The molecule has 0 N–H and O–H groups in total. The Kier molecular flexibility index (Phi) is 3.17. The summed E-state index contributed by atoms with van der Waals surface area (Å²) in [5.41, 5.74) is 1.28. The molecule has 0 saturated carbocycles. The van der Waals surface area contributed by atoms with Gasteiger partial charge in [-0.25, -0.2) is 13.4 Å². The summed E-state index contributed by atoms with van der Waals surface area (Å²) in [4.78, 5) is 4.10. The third-order valence-corrected chi connectivity index (χ3v) is 3.57. The fraction of sp³-hybridized carbons (Fsp3) is 0.0833. The maximum Gasteiger partial charge on any atom is 0.192 e. The Balaban J connectivity index is 2.59. The van der Waals surface area contributed by atoms with Crippen LogP contribution in [0.15, 0.2) is 47.5 Å². The van der Waals surface area contributed by atoms with Gasteiger partial charge in [-0.2, -0.15) is 0 Å². The highest BCUT2D eigenvalue weighted by Crippen LogP contribution is 2.26. The first-order chi connectivity index (χ1) is 7.98. The Morgan fingerprint density at radius 1 is 1.06 bits per heavy atom. The molecule has 0 radical (unpaired) electrons. The number of rotatable bonds is 2. The van der Waals surface area contributed by atoms with Gasteiger partial charge in [-0.1, -0.05) is 35.9 Å². The average molecular weight is 268 g/mol. The minimum atomic E-state index is -3.30. The second-order valence-electron chi connectivity index (χ2n) is 3.61. The number of nitrogens with zero attached hydrogens (tertiary/aromatic N) is 1. The molecule has 0 aliphatic rings. The quantitative estimate of drug-likeness (QED) is 0.841. The van der Waals surface area contributed by atoms with Gasteiger partial charge in [0.15, 0.2) is 14.9 Å². The van der Waals surface area contributed by atoms with Crippen molar-refractivity contribution in [3.05, 3.63) is 47.5 Å². The van der Waals surface area contributed by atoms with E-state index in [1.807, 2.05) is 12.1 Å². The molecule has 0 aliphatic heterocycles. The van der Waals surface area contributed by atoms with Crippen LogP contribution in [0, 0.1) is 0 Å². The van der Waals surface area contributed by atoms with E-state index in [-0.39, 0.29) is 5.03 Å². The summed E-state index contributed by atoms with van der Waals surface area (Å²) in [6, 6.07) is 12.0. The highest BCUT2D eigenvalue weighted by atomic mass is 35.5. The molecular formula is C12H10ClNO2S. The van der Waals surface area contributed by atoms with E-state index in [1.165, 1.54) is 6.07 Å². The molecule has 0 amide bonds. The first-order valence-corrected chi connectivity index (χ1v) is 7.17. The van der Waals surface area contributed by atoms with Gasteiger partial charge in [-0.15, -0.1) is 0 Å². The van der Waals surface area contributed by atoms with Crippen LogP contribution in [0.4, 0.5) is 0 Å². The van der Waals surface area contributed by atoms with Crippen molar-refractivity contribution in [2.45, 2.75) is 5.03 Å². The van der Waals surface area contributed by atoms with Crippen molar-refractivity contribution in [1.82, 2.24) is 4.98 Å². The third kappa shape index (κ3) is 2.65. The van der Waals surface area contributed by atoms with Crippen LogP contribution in [0.2, 0.25) is 5.02 Å². The maximum atomic E-state index is 11.4. The highest BCUT2D eigenvalue weighted by Gasteiger charge is 2.11. The summed E-state index contributed by atoms with van der Waals surface area (Å²) in [5.74, 6) is 0. The Labute approximate surface area is 105 Å². The summed E-state index contributed by atoms with van der Waals surface area (Å²) in [6.45, 7) is 0. The molecule has 0 saturated heterocycles. The van der Waals surface area contributed by atoms with Gasteiger partial charge in [0, 0.05) is 16.8 Å². The number of benzene rings is 1. The van der Waals surface area contributed by atoms with E-state index in [2.05, 4.69) is 4.98 Å². The third-order valence-electron chi connectivity index (χ3n) is 2.25. The number of hydrogen-bond acceptors (Lipinski definition) is 3. The highest BCUT2D eigenvalue weighted by molar-refractivity contribution is 7.90. The number of pyridine rings is 1. The summed E-state index contributed by atoms with van der Waals surface area (Å²) < 4.78 is 22.8. The summed E-state index contributed by atoms with van der Waals surface area (Å²) in [6.07, 6.45) is 1.13. The van der Waals surface area contributed by atoms with Crippen LogP contribution in [0.1, 0.15) is 0 Å². The fourth-order valence-electron chi connectivity index (χ4n) is 1.44. The van der Waals surface area contributed by atoms with E-state index in [1.54, 1.807) is 24.3 Å². The minimum absolute atomic E-state index is 0.0509. The molecule has 17 heavy (non-hydrogen) atoms. The van der Waals surface area contributed by atoms with Crippen molar-refractivity contribution in [2.75, 3.05) is 6.26 Å². The Morgan fingerprint density at radius 3 is 2.41 bits per heavy atom. The Morgan fingerprint density at radius 2 is 1.76 bits per heavy atom. The smallest absolute Gasteiger partial charge is 0.192 e. The van der Waals surface area contributed by atoms with Crippen molar-refractivity contribution >= 4 is 21.4 Å². The molecule has 0 aliphatic carbocycles. The number of aromatic nitrogens is 1. The first-order valence-electron chi connectivity index (χ1n) is 4.90. The van der Waals surface area contributed by atoms with E-state index in [4.69, 9.17) is 11.6 Å². The molecule has 0 atom stereocenters. The van der Waals surface area contributed by atoms with Gasteiger partial charge >= 0.3 is 0 Å². The lowest BCUT2D eigenvalue weighted by molar-refractivity contribution is 0.598.